The number of carbonyl (C=O) groups is 1. The minimum Gasteiger partial charge on any atom is -0.465 e. The summed E-state index contributed by atoms with van der Waals surface area (Å²) in [7, 11) is 1.34. The van der Waals surface area contributed by atoms with Gasteiger partial charge in [-0.15, -0.1) is 0 Å². The Hall–Kier alpha value is -2.57. The Bertz CT molecular complexity index is 594. The predicted molar refractivity (Wildman–Crippen MR) is 70.6 cm³/mol. The lowest BCUT2D eigenvalue weighted by Crippen LogP contribution is -2.08. The van der Waals surface area contributed by atoms with Crippen molar-refractivity contribution in [3.05, 3.63) is 35.2 Å². The third-order valence-corrected chi connectivity index (χ3v) is 2.70. The molecule has 19 heavy (non-hydrogen) atoms. The standard InChI is InChI=1S/C12H15N5O2/c1-7-9(12(18)19-2)3-4-10(16-7)14-5-8-6-15-17-11(8)13/h3-4,6H,5H2,1-2H3,(H,14,16)(H3,13,15,17). The maximum atomic E-state index is 11.4. The number of nitrogens with zero attached hydrogens (tertiary/aromatic N) is 2. The number of aromatic nitrogens is 3. The topological polar surface area (TPSA) is 106 Å². The van der Waals surface area contributed by atoms with Crippen molar-refractivity contribution in [3.63, 3.8) is 0 Å². The Balaban J connectivity index is 2.08. The molecule has 2 aromatic rings. The molecule has 4 N–H and O–H groups in total. The molecule has 0 fully saturated rings. The molecule has 0 aliphatic rings. The Kier molecular flexibility index (Phi) is 3.65. The van der Waals surface area contributed by atoms with Gasteiger partial charge >= 0.3 is 5.97 Å². The van der Waals surface area contributed by atoms with Crippen molar-refractivity contribution in [2.45, 2.75) is 13.5 Å². The molecule has 2 aromatic heterocycles. The van der Waals surface area contributed by atoms with Crippen LogP contribution in [0, 0.1) is 6.92 Å². The number of esters is 1. The third kappa shape index (κ3) is 2.82. The number of ether oxygens (including phenoxy) is 1. The zero-order valence-electron chi connectivity index (χ0n) is 10.7. The quantitative estimate of drug-likeness (QED) is 0.711. The number of rotatable bonds is 4. The summed E-state index contributed by atoms with van der Waals surface area (Å²) in [6.07, 6.45) is 1.65. The van der Waals surface area contributed by atoms with E-state index < -0.39 is 5.97 Å². The maximum absolute atomic E-state index is 11.4. The lowest BCUT2D eigenvalue weighted by Gasteiger charge is -2.08. The molecule has 0 aromatic carbocycles. The highest BCUT2D eigenvalue weighted by Gasteiger charge is 2.10. The van der Waals surface area contributed by atoms with Crippen LogP contribution in [-0.2, 0) is 11.3 Å². The van der Waals surface area contributed by atoms with Gasteiger partial charge in [0.1, 0.15) is 11.6 Å². The second kappa shape index (κ2) is 5.38. The van der Waals surface area contributed by atoms with Crippen molar-refractivity contribution in [1.29, 1.82) is 0 Å². The smallest absolute Gasteiger partial charge is 0.339 e. The number of carbonyl (C=O) groups excluding carboxylic acids is 1. The average molecular weight is 261 g/mol. The molecule has 0 spiro atoms. The minimum atomic E-state index is -0.393. The van der Waals surface area contributed by atoms with Crippen LogP contribution in [0.1, 0.15) is 21.6 Å². The minimum absolute atomic E-state index is 0.393. The van der Waals surface area contributed by atoms with E-state index in [0.717, 1.165) is 5.56 Å². The molecule has 0 unspecified atom stereocenters. The van der Waals surface area contributed by atoms with E-state index >= 15 is 0 Å². The Morgan fingerprint density at radius 3 is 2.89 bits per heavy atom. The molecule has 7 heteroatoms. The van der Waals surface area contributed by atoms with Crippen molar-refractivity contribution in [2.75, 3.05) is 18.2 Å². The van der Waals surface area contributed by atoms with Gasteiger partial charge in [0.15, 0.2) is 0 Å². The van der Waals surface area contributed by atoms with Crippen LogP contribution in [-0.4, -0.2) is 28.3 Å². The molecule has 2 heterocycles. The van der Waals surface area contributed by atoms with E-state index in [0.29, 0.717) is 29.4 Å². The van der Waals surface area contributed by atoms with Crippen LogP contribution in [0.5, 0.6) is 0 Å². The lowest BCUT2D eigenvalue weighted by molar-refractivity contribution is 0.0599. The van der Waals surface area contributed by atoms with E-state index in [1.807, 2.05) is 0 Å². The van der Waals surface area contributed by atoms with Gasteiger partial charge in [0.25, 0.3) is 0 Å². The second-order valence-electron chi connectivity index (χ2n) is 3.98. The summed E-state index contributed by atoms with van der Waals surface area (Å²) in [4.78, 5) is 15.7. The number of nitrogen functional groups attached to an aromatic ring is 1. The maximum Gasteiger partial charge on any atom is 0.339 e. The van der Waals surface area contributed by atoms with Crippen LogP contribution in [0.4, 0.5) is 11.6 Å². The highest BCUT2D eigenvalue weighted by molar-refractivity contribution is 5.90. The molecule has 0 amide bonds. The monoisotopic (exact) mass is 261 g/mol. The summed E-state index contributed by atoms with van der Waals surface area (Å²) in [5, 5.41) is 9.59. The predicted octanol–water partition coefficient (Wildman–Crippen LogP) is 1.09. The Morgan fingerprint density at radius 2 is 2.32 bits per heavy atom. The van der Waals surface area contributed by atoms with Crippen molar-refractivity contribution in [2.24, 2.45) is 0 Å². The van der Waals surface area contributed by atoms with Crippen LogP contribution in [0.15, 0.2) is 18.3 Å². The molecule has 7 nitrogen and oxygen atoms in total. The van der Waals surface area contributed by atoms with Crippen molar-refractivity contribution in [1.82, 2.24) is 15.2 Å². The molecule has 0 saturated heterocycles. The number of aromatic amines is 1. The molecule has 0 saturated carbocycles. The van der Waals surface area contributed by atoms with Gasteiger partial charge in [-0.2, -0.15) is 5.10 Å². The van der Waals surface area contributed by atoms with E-state index in [9.17, 15) is 4.79 Å². The second-order valence-corrected chi connectivity index (χ2v) is 3.98. The van der Waals surface area contributed by atoms with E-state index in [4.69, 9.17) is 5.73 Å². The number of nitrogens with one attached hydrogen (secondary N) is 2. The highest BCUT2D eigenvalue weighted by atomic mass is 16.5. The van der Waals surface area contributed by atoms with Gasteiger partial charge in [-0.3, -0.25) is 5.10 Å². The number of nitrogens with two attached hydrogens (primary N) is 1. The zero-order valence-corrected chi connectivity index (χ0v) is 10.7. The lowest BCUT2D eigenvalue weighted by atomic mass is 10.2. The van der Waals surface area contributed by atoms with E-state index in [1.165, 1.54) is 7.11 Å². The van der Waals surface area contributed by atoms with Gasteiger partial charge in [-0.25, -0.2) is 9.78 Å². The number of aryl methyl sites for hydroxylation is 1. The summed E-state index contributed by atoms with van der Waals surface area (Å²) < 4.78 is 4.66. The number of anilines is 2. The third-order valence-electron chi connectivity index (χ3n) is 2.70. The molecule has 0 atom stereocenters. The van der Waals surface area contributed by atoms with Gasteiger partial charge < -0.3 is 15.8 Å². The van der Waals surface area contributed by atoms with E-state index in [1.54, 1.807) is 25.3 Å². The Morgan fingerprint density at radius 1 is 1.53 bits per heavy atom. The average Bonchev–Trinajstić information content (AvgIpc) is 2.81. The molecule has 100 valence electrons. The van der Waals surface area contributed by atoms with Gasteiger partial charge in [0, 0.05) is 12.1 Å². The highest BCUT2D eigenvalue weighted by Crippen LogP contribution is 2.13. The molecule has 2 rings (SSSR count). The Labute approximate surface area is 110 Å². The molecule has 0 bridgehead atoms. The normalized spacial score (nSPS) is 10.2. The number of methoxy groups -OCH3 is 1. The SMILES string of the molecule is COC(=O)c1ccc(NCc2cn[nH]c2N)nc1C. The fourth-order valence-electron chi connectivity index (χ4n) is 1.63. The van der Waals surface area contributed by atoms with Crippen LogP contribution in [0.3, 0.4) is 0 Å². The van der Waals surface area contributed by atoms with Gasteiger partial charge in [0.2, 0.25) is 0 Å². The molecular formula is C12H15N5O2. The number of H-pyrrole nitrogens is 1. The molecular weight excluding hydrogens is 246 g/mol. The first kappa shape index (κ1) is 12.9. The first-order chi connectivity index (χ1) is 9.11. The van der Waals surface area contributed by atoms with Gasteiger partial charge in [-0.05, 0) is 19.1 Å². The van der Waals surface area contributed by atoms with Crippen LogP contribution in [0.25, 0.3) is 0 Å². The largest absolute Gasteiger partial charge is 0.465 e. The summed E-state index contributed by atoms with van der Waals surface area (Å²) in [5.74, 6) is 0.789. The van der Waals surface area contributed by atoms with Crippen LogP contribution in [0.2, 0.25) is 0 Å². The van der Waals surface area contributed by atoms with Gasteiger partial charge in [-0.1, -0.05) is 0 Å². The summed E-state index contributed by atoms with van der Waals surface area (Å²) in [6.45, 7) is 2.26. The van der Waals surface area contributed by atoms with E-state index in [-0.39, 0.29) is 0 Å². The first-order valence-corrected chi connectivity index (χ1v) is 5.69. The molecule has 0 aliphatic heterocycles. The molecule has 0 aliphatic carbocycles. The van der Waals surface area contributed by atoms with E-state index in [2.05, 4.69) is 25.2 Å². The van der Waals surface area contributed by atoms with Crippen LogP contribution < -0.4 is 11.1 Å². The fraction of sp³-hybridized carbons (Fsp3) is 0.250. The summed E-state index contributed by atoms with van der Waals surface area (Å²) in [5.41, 5.74) is 7.60. The van der Waals surface area contributed by atoms with Crippen molar-refractivity contribution >= 4 is 17.6 Å². The first-order valence-electron chi connectivity index (χ1n) is 5.69. The van der Waals surface area contributed by atoms with Crippen molar-refractivity contribution in [3.8, 4) is 0 Å². The summed E-state index contributed by atoms with van der Waals surface area (Å²) >= 11 is 0. The zero-order chi connectivity index (χ0) is 13.8. The van der Waals surface area contributed by atoms with Gasteiger partial charge in [0.05, 0.1) is 24.6 Å². The number of hydrogen-bond acceptors (Lipinski definition) is 6. The molecule has 0 radical (unpaired) electrons. The number of hydrogen-bond donors (Lipinski definition) is 3. The van der Waals surface area contributed by atoms with Crippen LogP contribution >= 0.6 is 0 Å². The fourth-order valence-corrected chi connectivity index (χ4v) is 1.63. The van der Waals surface area contributed by atoms with Crippen molar-refractivity contribution < 1.29 is 9.53 Å². The summed E-state index contributed by atoms with van der Waals surface area (Å²) in [6, 6.07) is 3.39. The number of pyridine rings is 1.